The van der Waals surface area contributed by atoms with Gasteiger partial charge < -0.3 is 19.9 Å². The van der Waals surface area contributed by atoms with Gasteiger partial charge in [-0.3, -0.25) is 9.59 Å². The van der Waals surface area contributed by atoms with Gasteiger partial charge in [-0.1, -0.05) is 6.07 Å². The smallest absolute Gasteiger partial charge is 0.307 e. The summed E-state index contributed by atoms with van der Waals surface area (Å²) in [6, 6.07) is 7.18. The predicted molar refractivity (Wildman–Crippen MR) is 70.7 cm³/mol. The van der Waals surface area contributed by atoms with Crippen LogP contribution in [0.25, 0.3) is 0 Å². The fourth-order valence-electron chi connectivity index (χ4n) is 1.92. The van der Waals surface area contributed by atoms with Crippen LogP contribution in [0.3, 0.4) is 0 Å². The molecule has 1 amide bonds. The van der Waals surface area contributed by atoms with Gasteiger partial charge in [0.2, 0.25) is 5.91 Å². The zero-order chi connectivity index (χ0) is 14.5. The monoisotopic (exact) mass is 279 g/mol. The molecule has 1 aromatic rings. The summed E-state index contributed by atoms with van der Waals surface area (Å²) >= 11 is 0. The number of amides is 1. The molecule has 108 valence electrons. The summed E-state index contributed by atoms with van der Waals surface area (Å²) < 4.78 is 10.5. The Bertz CT molecular complexity index is 502. The maximum atomic E-state index is 11.6. The van der Waals surface area contributed by atoms with Gasteiger partial charge in [0.25, 0.3) is 0 Å². The van der Waals surface area contributed by atoms with E-state index in [4.69, 9.17) is 14.6 Å². The highest BCUT2D eigenvalue weighted by Gasteiger charge is 2.48. The van der Waals surface area contributed by atoms with E-state index in [2.05, 4.69) is 5.32 Å². The van der Waals surface area contributed by atoms with Crippen LogP contribution in [0.5, 0.6) is 11.5 Å². The molecule has 2 N–H and O–H groups in total. The minimum Gasteiger partial charge on any atom is -0.497 e. The van der Waals surface area contributed by atoms with Crippen molar-refractivity contribution in [2.24, 2.45) is 11.8 Å². The highest BCUT2D eigenvalue weighted by molar-refractivity contribution is 5.89. The van der Waals surface area contributed by atoms with Gasteiger partial charge in [-0.05, 0) is 18.6 Å². The molecule has 0 saturated heterocycles. The molecule has 0 radical (unpaired) electrons. The highest BCUT2D eigenvalue weighted by Crippen LogP contribution is 2.38. The Labute approximate surface area is 116 Å². The van der Waals surface area contributed by atoms with Gasteiger partial charge in [-0.2, -0.15) is 0 Å². The number of hydrogen-bond donors (Lipinski definition) is 2. The normalized spacial score (nSPS) is 20.1. The van der Waals surface area contributed by atoms with Crippen molar-refractivity contribution in [1.29, 1.82) is 0 Å². The van der Waals surface area contributed by atoms with Crippen molar-refractivity contribution in [2.75, 3.05) is 20.3 Å². The number of hydrogen-bond acceptors (Lipinski definition) is 4. The fourth-order valence-corrected chi connectivity index (χ4v) is 1.92. The molecule has 2 rings (SSSR count). The summed E-state index contributed by atoms with van der Waals surface area (Å²) in [5.41, 5.74) is 0. The van der Waals surface area contributed by atoms with E-state index in [0.29, 0.717) is 31.1 Å². The van der Waals surface area contributed by atoms with E-state index in [1.807, 2.05) is 12.1 Å². The van der Waals surface area contributed by atoms with Crippen LogP contribution in [-0.2, 0) is 9.59 Å². The molecule has 6 nitrogen and oxygen atoms in total. The van der Waals surface area contributed by atoms with Crippen LogP contribution in [0.4, 0.5) is 0 Å². The minimum atomic E-state index is -0.905. The van der Waals surface area contributed by atoms with Crippen LogP contribution in [0.1, 0.15) is 6.42 Å². The summed E-state index contributed by atoms with van der Waals surface area (Å²) in [6.45, 7) is 0.669. The lowest BCUT2D eigenvalue weighted by Crippen LogP contribution is -2.30. The Morgan fingerprint density at radius 2 is 2.10 bits per heavy atom. The van der Waals surface area contributed by atoms with E-state index in [0.717, 1.165) is 0 Å². The molecule has 1 aromatic carbocycles. The van der Waals surface area contributed by atoms with Gasteiger partial charge >= 0.3 is 5.97 Å². The first-order valence-electron chi connectivity index (χ1n) is 6.39. The molecule has 0 aromatic heterocycles. The van der Waals surface area contributed by atoms with Gasteiger partial charge in [0, 0.05) is 6.07 Å². The maximum absolute atomic E-state index is 11.6. The van der Waals surface area contributed by atoms with Crippen LogP contribution in [0.2, 0.25) is 0 Å². The molecular formula is C14H17NO5. The zero-order valence-corrected chi connectivity index (χ0v) is 11.2. The Morgan fingerprint density at radius 3 is 2.75 bits per heavy atom. The van der Waals surface area contributed by atoms with Crippen LogP contribution in [0, 0.1) is 11.8 Å². The quantitative estimate of drug-likeness (QED) is 0.725. The number of carboxylic acids is 1. The largest absolute Gasteiger partial charge is 0.497 e. The van der Waals surface area contributed by atoms with Crippen molar-refractivity contribution < 1.29 is 24.2 Å². The number of carbonyl (C=O) groups excluding carboxylic acids is 1. The molecule has 20 heavy (non-hydrogen) atoms. The third kappa shape index (κ3) is 3.63. The molecule has 1 fully saturated rings. The average Bonchev–Trinajstić information content (AvgIpc) is 3.24. The summed E-state index contributed by atoms with van der Waals surface area (Å²) in [5, 5.41) is 11.4. The first kappa shape index (κ1) is 14.2. The van der Waals surface area contributed by atoms with E-state index < -0.39 is 11.9 Å². The molecule has 0 spiro atoms. The number of carboxylic acid groups (broad SMARTS) is 1. The number of aliphatic carboxylic acids is 1. The second-order valence-electron chi connectivity index (χ2n) is 4.61. The summed E-state index contributed by atoms with van der Waals surface area (Å²) in [4.78, 5) is 22.2. The van der Waals surface area contributed by atoms with Gasteiger partial charge in [0.15, 0.2) is 0 Å². The number of benzene rings is 1. The zero-order valence-electron chi connectivity index (χ0n) is 11.2. The van der Waals surface area contributed by atoms with Crippen LogP contribution in [-0.4, -0.2) is 37.2 Å². The lowest BCUT2D eigenvalue weighted by Gasteiger charge is -2.08. The van der Waals surface area contributed by atoms with Crippen molar-refractivity contribution >= 4 is 11.9 Å². The molecule has 0 unspecified atom stereocenters. The Hall–Kier alpha value is -2.24. The molecule has 0 bridgehead atoms. The van der Waals surface area contributed by atoms with Gasteiger partial charge in [0.05, 0.1) is 25.5 Å². The standard InChI is InChI=1S/C14H17NO5/c1-19-9-3-2-4-10(7-9)20-6-5-15-13(16)11-8-12(11)14(17)18/h2-4,7,11-12H,5-6,8H2,1H3,(H,15,16)(H,17,18)/t11-,12-/m0/s1. The van der Waals surface area contributed by atoms with E-state index in [1.54, 1.807) is 19.2 Å². The second-order valence-corrected chi connectivity index (χ2v) is 4.61. The molecule has 2 atom stereocenters. The number of rotatable bonds is 7. The minimum absolute atomic E-state index is 0.216. The van der Waals surface area contributed by atoms with Gasteiger partial charge in [-0.25, -0.2) is 0 Å². The molecule has 0 heterocycles. The van der Waals surface area contributed by atoms with Crippen LogP contribution in [0.15, 0.2) is 24.3 Å². The molecule has 1 aliphatic rings. The molecule has 1 saturated carbocycles. The van der Waals surface area contributed by atoms with Crippen molar-refractivity contribution in [2.45, 2.75) is 6.42 Å². The second kappa shape index (κ2) is 6.27. The van der Waals surface area contributed by atoms with Crippen LogP contribution >= 0.6 is 0 Å². The average molecular weight is 279 g/mol. The molecule has 0 aliphatic heterocycles. The first-order valence-corrected chi connectivity index (χ1v) is 6.39. The lowest BCUT2D eigenvalue weighted by atomic mass is 10.3. The Balaban J connectivity index is 1.66. The Kier molecular flexibility index (Phi) is 4.45. The van der Waals surface area contributed by atoms with E-state index >= 15 is 0 Å². The van der Waals surface area contributed by atoms with Crippen molar-refractivity contribution in [3.05, 3.63) is 24.3 Å². The number of carbonyl (C=O) groups is 2. The third-order valence-corrected chi connectivity index (χ3v) is 3.16. The molecule has 6 heteroatoms. The maximum Gasteiger partial charge on any atom is 0.307 e. The molecular weight excluding hydrogens is 262 g/mol. The molecule has 1 aliphatic carbocycles. The Morgan fingerprint density at radius 1 is 1.35 bits per heavy atom. The predicted octanol–water partition coefficient (Wildman–Crippen LogP) is 0.911. The fraction of sp³-hybridized carbons (Fsp3) is 0.429. The van der Waals surface area contributed by atoms with Crippen LogP contribution < -0.4 is 14.8 Å². The highest BCUT2D eigenvalue weighted by atomic mass is 16.5. The van der Waals surface area contributed by atoms with E-state index in [9.17, 15) is 9.59 Å². The van der Waals surface area contributed by atoms with E-state index in [-0.39, 0.29) is 11.8 Å². The van der Waals surface area contributed by atoms with Gasteiger partial charge in [0.1, 0.15) is 18.1 Å². The third-order valence-electron chi connectivity index (χ3n) is 3.16. The number of nitrogens with one attached hydrogen (secondary N) is 1. The van der Waals surface area contributed by atoms with Crippen molar-refractivity contribution in [3.63, 3.8) is 0 Å². The van der Waals surface area contributed by atoms with Gasteiger partial charge in [-0.15, -0.1) is 0 Å². The summed E-state index contributed by atoms with van der Waals surface area (Å²) in [6.07, 6.45) is 0.428. The SMILES string of the molecule is COc1cccc(OCCNC(=O)[C@H]2C[C@@H]2C(=O)O)c1. The van der Waals surface area contributed by atoms with E-state index in [1.165, 1.54) is 0 Å². The lowest BCUT2D eigenvalue weighted by molar-refractivity contribution is -0.140. The van der Waals surface area contributed by atoms with Crippen molar-refractivity contribution in [1.82, 2.24) is 5.32 Å². The number of ether oxygens (including phenoxy) is 2. The summed E-state index contributed by atoms with van der Waals surface area (Å²) in [5.74, 6) is -0.662. The first-order chi connectivity index (χ1) is 9.61. The van der Waals surface area contributed by atoms with Crippen molar-refractivity contribution in [3.8, 4) is 11.5 Å². The summed E-state index contributed by atoms with van der Waals surface area (Å²) in [7, 11) is 1.58. The topological polar surface area (TPSA) is 84.9 Å². The number of methoxy groups -OCH3 is 1.